The monoisotopic (exact) mass is 390 g/mol. The summed E-state index contributed by atoms with van der Waals surface area (Å²) >= 11 is 0. The van der Waals surface area contributed by atoms with Crippen molar-refractivity contribution in [1.82, 2.24) is 20.8 Å². The van der Waals surface area contributed by atoms with Crippen LogP contribution in [0.25, 0.3) is 22.5 Å². The quantitative estimate of drug-likeness (QED) is 0.601. The molecule has 1 saturated heterocycles. The van der Waals surface area contributed by atoms with Gasteiger partial charge in [0.2, 0.25) is 0 Å². The minimum Gasteiger partial charge on any atom is -0.489 e. The lowest BCUT2D eigenvalue weighted by Gasteiger charge is -2.12. The van der Waals surface area contributed by atoms with Gasteiger partial charge in [0, 0.05) is 23.7 Å². The summed E-state index contributed by atoms with van der Waals surface area (Å²) in [5.74, 6) is 0.803. The van der Waals surface area contributed by atoms with Crippen LogP contribution < -0.4 is 15.4 Å². The third-order valence-electron chi connectivity index (χ3n) is 4.90. The molecule has 2 heterocycles. The van der Waals surface area contributed by atoms with Crippen molar-refractivity contribution in [3.05, 3.63) is 60.2 Å². The number of hydrogen-bond donors (Lipinski definition) is 3. The Labute approximate surface area is 170 Å². The van der Waals surface area contributed by atoms with Crippen molar-refractivity contribution in [3.63, 3.8) is 0 Å². The van der Waals surface area contributed by atoms with Crippen LogP contribution in [0.1, 0.15) is 30.6 Å². The van der Waals surface area contributed by atoms with Crippen molar-refractivity contribution in [2.75, 3.05) is 13.1 Å². The average molecular weight is 390 g/mol. The molecule has 150 valence electrons. The molecule has 3 N–H and O–H groups in total. The number of hydrogen-bond acceptors (Lipinski definition) is 4. The van der Waals surface area contributed by atoms with E-state index in [4.69, 9.17) is 4.74 Å². The summed E-state index contributed by atoms with van der Waals surface area (Å²) in [6, 6.07) is 17.6. The van der Waals surface area contributed by atoms with E-state index in [-0.39, 0.29) is 18.1 Å². The molecule has 2 aromatic carbocycles. The highest BCUT2D eigenvalue weighted by atomic mass is 16.5. The van der Waals surface area contributed by atoms with Gasteiger partial charge >= 0.3 is 0 Å². The standard InChI is InChI=1S/C23H26N4O2/c1-15(2)25-23(28)18-5-3-4-17(12-18)22-13-21(26-27-22)16-6-8-19(9-7-16)29-20-10-11-24-14-20/h3-9,12-13,15,20,24H,10-11,14H2,1-2H3,(H,25,28)(H,26,27)/t20-/m1/s1. The summed E-state index contributed by atoms with van der Waals surface area (Å²) in [6.07, 6.45) is 1.29. The van der Waals surface area contributed by atoms with Gasteiger partial charge in [-0.25, -0.2) is 0 Å². The van der Waals surface area contributed by atoms with E-state index in [0.29, 0.717) is 5.56 Å². The smallest absolute Gasteiger partial charge is 0.251 e. The first kappa shape index (κ1) is 19.2. The Morgan fingerprint density at radius 1 is 1.14 bits per heavy atom. The number of nitrogens with one attached hydrogen (secondary N) is 3. The first-order chi connectivity index (χ1) is 14.1. The highest BCUT2D eigenvalue weighted by molar-refractivity contribution is 5.95. The van der Waals surface area contributed by atoms with Gasteiger partial charge in [0.05, 0.1) is 11.4 Å². The molecule has 4 rings (SSSR count). The van der Waals surface area contributed by atoms with Gasteiger partial charge in [-0.1, -0.05) is 12.1 Å². The maximum absolute atomic E-state index is 12.3. The van der Waals surface area contributed by atoms with Crippen LogP contribution in [0.4, 0.5) is 0 Å². The zero-order chi connectivity index (χ0) is 20.2. The molecule has 3 aromatic rings. The summed E-state index contributed by atoms with van der Waals surface area (Å²) in [6.45, 7) is 5.81. The molecule has 1 aliphatic heterocycles. The molecular weight excluding hydrogens is 364 g/mol. The lowest BCUT2D eigenvalue weighted by Crippen LogP contribution is -2.30. The molecule has 6 nitrogen and oxygen atoms in total. The Morgan fingerprint density at radius 3 is 2.69 bits per heavy atom. The van der Waals surface area contributed by atoms with Crippen molar-refractivity contribution < 1.29 is 9.53 Å². The van der Waals surface area contributed by atoms with Crippen LogP contribution in [0.15, 0.2) is 54.6 Å². The molecule has 0 unspecified atom stereocenters. The Hall–Kier alpha value is -3.12. The second-order valence-electron chi connectivity index (χ2n) is 7.63. The summed E-state index contributed by atoms with van der Waals surface area (Å²) in [5, 5.41) is 13.7. The van der Waals surface area contributed by atoms with Gasteiger partial charge in [0.25, 0.3) is 5.91 Å². The van der Waals surface area contributed by atoms with Crippen molar-refractivity contribution >= 4 is 5.91 Å². The second-order valence-corrected chi connectivity index (χ2v) is 7.63. The average Bonchev–Trinajstić information content (AvgIpc) is 3.40. The van der Waals surface area contributed by atoms with E-state index in [9.17, 15) is 4.79 Å². The summed E-state index contributed by atoms with van der Waals surface area (Å²) in [5.41, 5.74) is 4.29. The van der Waals surface area contributed by atoms with Crippen LogP contribution >= 0.6 is 0 Å². The predicted molar refractivity (Wildman–Crippen MR) is 114 cm³/mol. The van der Waals surface area contributed by atoms with Gasteiger partial charge in [0.1, 0.15) is 11.9 Å². The molecule has 1 aliphatic rings. The van der Waals surface area contributed by atoms with Crippen molar-refractivity contribution in [3.8, 4) is 28.3 Å². The minimum absolute atomic E-state index is 0.0781. The van der Waals surface area contributed by atoms with E-state index >= 15 is 0 Å². The Balaban J connectivity index is 1.49. The van der Waals surface area contributed by atoms with Crippen LogP contribution in [-0.2, 0) is 0 Å². The lowest BCUT2D eigenvalue weighted by molar-refractivity contribution is 0.0943. The normalized spacial score (nSPS) is 16.2. The molecule has 29 heavy (non-hydrogen) atoms. The SMILES string of the molecule is CC(C)NC(=O)c1cccc(-c2cc(-c3ccc(O[C@@H]4CCNC4)cc3)[nH]n2)c1. The molecule has 0 spiro atoms. The number of ether oxygens (including phenoxy) is 1. The molecule has 1 atom stereocenters. The van der Waals surface area contributed by atoms with E-state index in [1.807, 2.05) is 68.4 Å². The van der Waals surface area contributed by atoms with E-state index in [0.717, 1.165) is 47.8 Å². The van der Waals surface area contributed by atoms with Gasteiger partial charge in [-0.2, -0.15) is 5.10 Å². The zero-order valence-electron chi connectivity index (χ0n) is 16.7. The van der Waals surface area contributed by atoms with Crippen LogP contribution in [0.2, 0.25) is 0 Å². The molecule has 1 amide bonds. The maximum atomic E-state index is 12.3. The van der Waals surface area contributed by atoms with Crippen LogP contribution in [0.3, 0.4) is 0 Å². The van der Waals surface area contributed by atoms with Crippen molar-refractivity contribution in [2.45, 2.75) is 32.4 Å². The van der Waals surface area contributed by atoms with E-state index < -0.39 is 0 Å². The van der Waals surface area contributed by atoms with Gasteiger partial charge in [0.15, 0.2) is 0 Å². The molecule has 0 saturated carbocycles. The number of aromatic amines is 1. The molecule has 0 radical (unpaired) electrons. The van der Waals surface area contributed by atoms with E-state index in [1.54, 1.807) is 0 Å². The highest BCUT2D eigenvalue weighted by Crippen LogP contribution is 2.26. The first-order valence-electron chi connectivity index (χ1n) is 10.0. The minimum atomic E-state index is -0.0781. The number of nitrogens with zero attached hydrogens (tertiary/aromatic N) is 1. The highest BCUT2D eigenvalue weighted by Gasteiger charge is 2.16. The zero-order valence-corrected chi connectivity index (χ0v) is 16.7. The predicted octanol–water partition coefficient (Wildman–Crippen LogP) is 3.62. The maximum Gasteiger partial charge on any atom is 0.251 e. The van der Waals surface area contributed by atoms with Gasteiger partial charge in [-0.05, 0) is 74.8 Å². The molecule has 6 heteroatoms. The Bertz CT molecular complexity index is 973. The van der Waals surface area contributed by atoms with E-state index in [1.165, 1.54) is 0 Å². The van der Waals surface area contributed by atoms with Crippen molar-refractivity contribution in [1.29, 1.82) is 0 Å². The number of carbonyl (C=O) groups is 1. The first-order valence-corrected chi connectivity index (χ1v) is 10.0. The lowest BCUT2D eigenvalue weighted by atomic mass is 10.1. The summed E-state index contributed by atoms with van der Waals surface area (Å²) < 4.78 is 5.98. The molecule has 1 aromatic heterocycles. The summed E-state index contributed by atoms with van der Waals surface area (Å²) in [4.78, 5) is 12.3. The van der Waals surface area contributed by atoms with Crippen molar-refractivity contribution in [2.24, 2.45) is 0 Å². The topological polar surface area (TPSA) is 79.0 Å². The number of H-pyrrole nitrogens is 1. The summed E-state index contributed by atoms with van der Waals surface area (Å²) in [7, 11) is 0. The molecule has 0 bridgehead atoms. The Kier molecular flexibility index (Phi) is 5.62. The fraction of sp³-hybridized carbons (Fsp3) is 0.304. The van der Waals surface area contributed by atoms with E-state index in [2.05, 4.69) is 20.8 Å². The number of carbonyl (C=O) groups excluding carboxylic acids is 1. The van der Waals surface area contributed by atoms with Crippen LogP contribution in [-0.4, -0.2) is 41.3 Å². The molecular formula is C23H26N4O2. The van der Waals surface area contributed by atoms with Gasteiger partial charge in [-0.3, -0.25) is 9.89 Å². The van der Waals surface area contributed by atoms with Crippen LogP contribution in [0, 0.1) is 0 Å². The fourth-order valence-corrected chi connectivity index (χ4v) is 3.42. The molecule has 0 aliphatic carbocycles. The third-order valence-corrected chi connectivity index (χ3v) is 4.90. The number of amides is 1. The second kappa shape index (κ2) is 8.49. The van der Waals surface area contributed by atoms with Crippen LogP contribution in [0.5, 0.6) is 5.75 Å². The number of benzene rings is 2. The van der Waals surface area contributed by atoms with Gasteiger partial charge in [-0.15, -0.1) is 0 Å². The number of rotatable bonds is 6. The third kappa shape index (κ3) is 4.66. The van der Waals surface area contributed by atoms with Gasteiger partial charge < -0.3 is 15.4 Å². The molecule has 1 fully saturated rings. The number of aromatic nitrogens is 2. The largest absolute Gasteiger partial charge is 0.489 e. The fourth-order valence-electron chi connectivity index (χ4n) is 3.42. The Morgan fingerprint density at radius 2 is 1.97 bits per heavy atom.